The van der Waals surface area contributed by atoms with Crippen molar-refractivity contribution >= 4 is 35.3 Å². The van der Waals surface area contributed by atoms with Gasteiger partial charge in [0.25, 0.3) is 11.8 Å². The highest BCUT2D eigenvalue weighted by Crippen LogP contribution is 2.50. The number of allylic oxidation sites excluding steroid dienone is 2. The van der Waals surface area contributed by atoms with Gasteiger partial charge in [-0.05, 0) is 69.7 Å². The van der Waals surface area contributed by atoms with Crippen molar-refractivity contribution in [1.82, 2.24) is 9.80 Å². The number of urea groups is 1. The van der Waals surface area contributed by atoms with E-state index in [1.165, 1.54) is 20.4 Å². The first kappa shape index (κ1) is 20.7. The van der Waals surface area contributed by atoms with E-state index in [4.69, 9.17) is 0 Å². The summed E-state index contributed by atoms with van der Waals surface area (Å²) >= 11 is 1.71. The first-order valence-corrected chi connectivity index (χ1v) is 11.5. The molecule has 0 bridgehead atoms. The minimum absolute atomic E-state index is 0.188. The van der Waals surface area contributed by atoms with Gasteiger partial charge in [0, 0.05) is 24.5 Å². The number of likely N-dealkylation sites (N-methyl/N-ethyl adjacent to an activating group) is 2. The molecule has 1 saturated carbocycles. The molecular weight excluding hydrogens is 398 g/mol. The highest BCUT2D eigenvalue weighted by Gasteiger charge is 2.43. The minimum Gasteiger partial charge on any atom is -0.335 e. The molecule has 0 N–H and O–H groups in total. The third-order valence-corrected chi connectivity index (χ3v) is 7.19. The number of para-hydroxylation sites is 1. The molecule has 1 saturated heterocycles. The Morgan fingerprint density at radius 2 is 1.37 bits per heavy atom. The lowest BCUT2D eigenvalue weighted by Gasteiger charge is -2.35. The largest absolute Gasteiger partial charge is 0.335 e. The van der Waals surface area contributed by atoms with E-state index in [-0.39, 0.29) is 18.7 Å². The van der Waals surface area contributed by atoms with Crippen LogP contribution in [-0.4, -0.2) is 47.3 Å². The second kappa shape index (κ2) is 8.30. The third kappa shape index (κ3) is 3.16. The van der Waals surface area contributed by atoms with Crippen LogP contribution in [0, 0.1) is 0 Å². The zero-order valence-electron chi connectivity index (χ0n) is 17.7. The molecule has 1 aromatic carbocycles. The highest BCUT2D eigenvalue weighted by molar-refractivity contribution is 8.03. The van der Waals surface area contributed by atoms with Crippen LogP contribution >= 0.6 is 11.8 Å². The fourth-order valence-electron chi connectivity index (χ4n) is 4.49. The summed E-state index contributed by atoms with van der Waals surface area (Å²) in [4.78, 5) is 44.9. The van der Waals surface area contributed by atoms with E-state index in [2.05, 4.69) is 24.0 Å². The number of thioether (sulfide) groups is 1. The van der Waals surface area contributed by atoms with Crippen molar-refractivity contribution in [2.24, 2.45) is 0 Å². The molecule has 4 amide bonds. The Hall–Kier alpha value is -2.54. The van der Waals surface area contributed by atoms with Crippen molar-refractivity contribution < 1.29 is 14.4 Å². The number of fused-ring (bicyclic) bond motifs is 1. The summed E-state index contributed by atoms with van der Waals surface area (Å²) in [6.45, 7) is 6.98. The Morgan fingerprint density at radius 1 is 0.800 bits per heavy atom. The minimum atomic E-state index is -0.512. The number of carbonyl (C=O) groups is 3. The molecule has 158 valence electrons. The molecular formula is C23H27N3O3S. The van der Waals surface area contributed by atoms with E-state index >= 15 is 0 Å². The predicted octanol–water partition coefficient (Wildman–Crippen LogP) is 4.53. The zero-order valence-corrected chi connectivity index (χ0v) is 18.6. The van der Waals surface area contributed by atoms with E-state index in [0.717, 1.165) is 42.0 Å². The number of nitrogens with zero attached hydrogens (tertiary/aromatic N) is 3. The maximum atomic E-state index is 13.2. The van der Waals surface area contributed by atoms with Crippen LogP contribution in [-0.2, 0) is 9.59 Å². The summed E-state index contributed by atoms with van der Waals surface area (Å²) in [5.74, 6) is -0.897. The summed E-state index contributed by atoms with van der Waals surface area (Å²) in [5, 5.41) is 1.12. The number of benzene rings is 1. The van der Waals surface area contributed by atoms with E-state index in [1.54, 1.807) is 25.6 Å². The molecule has 4 rings (SSSR count). The number of amides is 4. The standard InChI is InChI=1S/C23H27N3O3S/c1-4-24-17-13-9-10-14-18(17)30-22(24)16-12-8-7-11-15(16)19-20(27)25(5-2)23(29)26(6-3)21(19)28/h9-10,13-14H,4-8,11-12H2,1-3H3/b22-16-. The monoisotopic (exact) mass is 425 g/mol. The van der Waals surface area contributed by atoms with Gasteiger partial charge in [0.1, 0.15) is 5.57 Å². The summed E-state index contributed by atoms with van der Waals surface area (Å²) in [6, 6.07) is 7.78. The van der Waals surface area contributed by atoms with Crippen LogP contribution in [0.4, 0.5) is 10.5 Å². The molecule has 2 heterocycles. The quantitative estimate of drug-likeness (QED) is 0.526. The van der Waals surface area contributed by atoms with Crippen LogP contribution < -0.4 is 4.90 Å². The molecule has 1 aromatic rings. The lowest BCUT2D eigenvalue weighted by molar-refractivity contribution is -0.135. The Labute approximate surface area is 181 Å². The number of anilines is 1. The Morgan fingerprint density at radius 3 is 1.97 bits per heavy atom. The number of barbiturate groups is 1. The first-order valence-electron chi connectivity index (χ1n) is 10.7. The molecule has 0 spiro atoms. The van der Waals surface area contributed by atoms with Crippen molar-refractivity contribution in [3.8, 4) is 0 Å². The molecule has 0 radical (unpaired) electrons. The molecule has 0 unspecified atom stereocenters. The van der Waals surface area contributed by atoms with E-state index in [1.807, 2.05) is 12.1 Å². The summed E-state index contributed by atoms with van der Waals surface area (Å²) in [7, 11) is 0. The maximum absolute atomic E-state index is 13.2. The molecule has 2 fully saturated rings. The number of hydrogen-bond acceptors (Lipinski definition) is 5. The second-order valence-electron chi connectivity index (χ2n) is 7.54. The Bertz CT molecular complexity index is 954. The summed E-state index contributed by atoms with van der Waals surface area (Å²) in [6.07, 6.45) is 3.48. The smallest absolute Gasteiger partial charge is 0.333 e. The zero-order chi connectivity index (χ0) is 21.4. The first-order chi connectivity index (χ1) is 14.5. The van der Waals surface area contributed by atoms with Crippen molar-refractivity contribution in [1.29, 1.82) is 0 Å². The molecule has 30 heavy (non-hydrogen) atoms. The van der Waals surface area contributed by atoms with Crippen molar-refractivity contribution in [2.75, 3.05) is 24.5 Å². The van der Waals surface area contributed by atoms with Gasteiger partial charge in [-0.15, -0.1) is 0 Å². The molecule has 2 aliphatic heterocycles. The lowest BCUT2D eigenvalue weighted by atomic mass is 9.85. The summed E-state index contributed by atoms with van der Waals surface area (Å²) in [5.41, 5.74) is 3.27. The Kier molecular flexibility index (Phi) is 5.73. The molecule has 6 nitrogen and oxygen atoms in total. The van der Waals surface area contributed by atoms with Crippen LogP contribution in [0.1, 0.15) is 46.5 Å². The van der Waals surface area contributed by atoms with Crippen LogP contribution in [0.2, 0.25) is 0 Å². The average Bonchev–Trinajstić information content (AvgIpc) is 3.13. The van der Waals surface area contributed by atoms with Crippen LogP contribution in [0.3, 0.4) is 0 Å². The molecule has 3 aliphatic rings. The Balaban J connectivity index is 1.89. The van der Waals surface area contributed by atoms with Crippen LogP contribution in [0.5, 0.6) is 0 Å². The number of hydrogen-bond donors (Lipinski definition) is 0. The summed E-state index contributed by atoms with van der Waals surface area (Å²) < 4.78 is 0. The van der Waals surface area contributed by atoms with Gasteiger partial charge in [0.2, 0.25) is 0 Å². The maximum Gasteiger partial charge on any atom is 0.333 e. The van der Waals surface area contributed by atoms with E-state index in [9.17, 15) is 14.4 Å². The SMILES string of the molecule is CCN1C(=O)C(=C2CCCC/C2=C2/Sc3ccccc3N2CC)C(=O)N(CC)C1=O. The van der Waals surface area contributed by atoms with E-state index in [0.29, 0.717) is 6.42 Å². The molecule has 1 aliphatic carbocycles. The number of carbonyl (C=O) groups excluding carboxylic acids is 3. The molecule has 0 atom stereocenters. The van der Waals surface area contributed by atoms with E-state index < -0.39 is 17.8 Å². The highest BCUT2D eigenvalue weighted by atomic mass is 32.2. The topological polar surface area (TPSA) is 60.9 Å². The van der Waals surface area contributed by atoms with Crippen LogP contribution in [0.15, 0.2) is 50.9 Å². The fourth-order valence-corrected chi connectivity index (χ4v) is 5.81. The van der Waals surface area contributed by atoms with Crippen LogP contribution in [0.25, 0.3) is 0 Å². The van der Waals surface area contributed by atoms with Gasteiger partial charge in [-0.25, -0.2) is 4.79 Å². The lowest BCUT2D eigenvalue weighted by Crippen LogP contribution is -2.56. The third-order valence-electron chi connectivity index (χ3n) is 5.96. The fraction of sp³-hybridized carbons (Fsp3) is 0.435. The second-order valence-corrected chi connectivity index (χ2v) is 8.57. The van der Waals surface area contributed by atoms with Gasteiger partial charge >= 0.3 is 6.03 Å². The van der Waals surface area contributed by atoms with Gasteiger partial charge in [-0.2, -0.15) is 0 Å². The normalized spacial score (nSPS) is 22.4. The van der Waals surface area contributed by atoms with Gasteiger partial charge in [-0.1, -0.05) is 23.9 Å². The van der Waals surface area contributed by atoms with Gasteiger partial charge in [0.05, 0.1) is 10.7 Å². The van der Waals surface area contributed by atoms with Gasteiger partial charge in [-0.3, -0.25) is 19.4 Å². The van der Waals surface area contributed by atoms with Crippen molar-refractivity contribution in [2.45, 2.75) is 51.3 Å². The van der Waals surface area contributed by atoms with Crippen molar-refractivity contribution in [3.05, 3.63) is 46.0 Å². The van der Waals surface area contributed by atoms with Gasteiger partial charge in [0.15, 0.2) is 0 Å². The van der Waals surface area contributed by atoms with Gasteiger partial charge < -0.3 is 4.90 Å². The predicted molar refractivity (Wildman–Crippen MR) is 118 cm³/mol. The average molecular weight is 426 g/mol. The molecule has 0 aromatic heterocycles. The number of imide groups is 2. The van der Waals surface area contributed by atoms with Crippen molar-refractivity contribution in [3.63, 3.8) is 0 Å². The number of rotatable bonds is 3. The molecule has 7 heteroatoms.